The summed E-state index contributed by atoms with van der Waals surface area (Å²) in [7, 11) is 0. The predicted octanol–water partition coefficient (Wildman–Crippen LogP) is 1.69. The molecule has 1 N–H and O–H groups in total. The zero-order valence-electron chi connectivity index (χ0n) is 8.48. The molecule has 0 fully saturated rings. The van der Waals surface area contributed by atoms with Crippen molar-refractivity contribution in [2.24, 2.45) is 0 Å². The highest BCUT2D eigenvalue weighted by atomic mass is 19.4. The highest BCUT2D eigenvalue weighted by Gasteiger charge is 2.35. The second-order valence-electron chi connectivity index (χ2n) is 3.00. The Morgan fingerprint density at radius 1 is 1.59 bits per heavy atom. The molecule has 9 heteroatoms. The van der Waals surface area contributed by atoms with Crippen LogP contribution in [-0.2, 0) is 6.61 Å². The van der Waals surface area contributed by atoms with Gasteiger partial charge in [-0.05, 0) is 6.92 Å². The van der Waals surface area contributed by atoms with Crippen molar-refractivity contribution < 1.29 is 27.9 Å². The van der Waals surface area contributed by atoms with Gasteiger partial charge in [0, 0.05) is 0 Å². The smallest absolute Gasteiger partial charge is 0.403 e. The van der Waals surface area contributed by atoms with Crippen molar-refractivity contribution in [1.29, 1.82) is 0 Å². The summed E-state index contributed by atoms with van der Waals surface area (Å²) in [5, 5.41) is 19.4. The number of halogens is 3. The standard InChI is InChI=1S/C8H7F3N2O4/c1-4-7(17-8(9,10)11)5(3-14)6(2-12-4)13(15)16/h2,14H,3H2,1H3. The van der Waals surface area contributed by atoms with Crippen LogP contribution in [0.1, 0.15) is 11.3 Å². The second kappa shape index (κ2) is 4.53. The van der Waals surface area contributed by atoms with E-state index < -0.39 is 34.9 Å². The molecule has 0 spiro atoms. The Bertz CT molecular complexity index is 447. The Labute approximate surface area is 92.8 Å². The van der Waals surface area contributed by atoms with Crippen LogP contribution in [0.25, 0.3) is 0 Å². The van der Waals surface area contributed by atoms with Gasteiger partial charge in [-0.25, -0.2) is 0 Å². The van der Waals surface area contributed by atoms with E-state index in [0.29, 0.717) is 0 Å². The van der Waals surface area contributed by atoms with Gasteiger partial charge in [0.15, 0.2) is 5.75 Å². The fourth-order valence-electron chi connectivity index (χ4n) is 1.19. The molecule has 0 atom stereocenters. The van der Waals surface area contributed by atoms with Gasteiger partial charge in [-0.15, -0.1) is 13.2 Å². The third kappa shape index (κ3) is 3.03. The highest BCUT2D eigenvalue weighted by Crippen LogP contribution is 2.33. The molecular formula is C8H7F3N2O4. The van der Waals surface area contributed by atoms with Crippen LogP contribution >= 0.6 is 0 Å². The third-order valence-corrected chi connectivity index (χ3v) is 1.86. The van der Waals surface area contributed by atoms with Gasteiger partial charge in [-0.2, -0.15) is 0 Å². The lowest BCUT2D eigenvalue weighted by atomic mass is 10.2. The maximum Gasteiger partial charge on any atom is 0.573 e. The van der Waals surface area contributed by atoms with E-state index in [4.69, 9.17) is 5.11 Å². The van der Waals surface area contributed by atoms with Crippen molar-refractivity contribution in [3.05, 3.63) is 27.6 Å². The summed E-state index contributed by atoms with van der Waals surface area (Å²) in [6.07, 6.45) is -4.24. The molecule has 17 heavy (non-hydrogen) atoms. The topological polar surface area (TPSA) is 85.5 Å². The number of hydrogen-bond donors (Lipinski definition) is 1. The SMILES string of the molecule is Cc1ncc([N+](=O)[O-])c(CO)c1OC(F)(F)F. The Morgan fingerprint density at radius 3 is 2.59 bits per heavy atom. The third-order valence-electron chi connectivity index (χ3n) is 1.86. The van der Waals surface area contributed by atoms with Gasteiger partial charge in [-0.1, -0.05) is 0 Å². The van der Waals surface area contributed by atoms with Crippen molar-refractivity contribution in [1.82, 2.24) is 4.98 Å². The molecule has 1 heterocycles. The van der Waals surface area contributed by atoms with E-state index in [1.54, 1.807) is 0 Å². The minimum absolute atomic E-state index is 0.197. The van der Waals surface area contributed by atoms with E-state index in [0.717, 1.165) is 6.20 Å². The fourth-order valence-corrected chi connectivity index (χ4v) is 1.19. The number of aryl methyl sites for hydroxylation is 1. The number of pyridine rings is 1. The summed E-state index contributed by atoms with van der Waals surface area (Å²) in [6, 6.07) is 0. The van der Waals surface area contributed by atoms with Crippen molar-refractivity contribution in [3.63, 3.8) is 0 Å². The van der Waals surface area contributed by atoms with E-state index >= 15 is 0 Å². The minimum Gasteiger partial charge on any atom is -0.403 e. The van der Waals surface area contributed by atoms with Crippen LogP contribution in [0.2, 0.25) is 0 Å². The molecule has 0 saturated carbocycles. The van der Waals surface area contributed by atoms with Gasteiger partial charge in [0.2, 0.25) is 0 Å². The molecule has 1 rings (SSSR count). The molecule has 0 amide bonds. The molecule has 0 aliphatic carbocycles. The van der Waals surface area contributed by atoms with Crippen LogP contribution in [0.4, 0.5) is 18.9 Å². The van der Waals surface area contributed by atoms with Gasteiger partial charge in [0.25, 0.3) is 5.69 Å². The van der Waals surface area contributed by atoms with Crippen LogP contribution in [0.15, 0.2) is 6.20 Å². The van der Waals surface area contributed by atoms with Crippen LogP contribution in [0, 0.1) is 17.0 Å². The zero-order chi connectivity index (χ0) is 13.2. The van der Waals surface area contributed by atoms with Gasteiger partial charge >= 0.3 is 6.36 Å². The Balaban J connectivity index is 3.35. The molecule has 0 bridgehead atoms. The van der Waals surface area contributed by atoms with Gasteiger partial charge < -0.3 is 9.84 Å². The summed E-state index contributed by atoms with van der Waals surface area (Å²) in [5.74, 6) is -0.839. The maximum absolute atomic E-state index is 12.1. The maximum atomic E-state index is 12.1. The summed E-state index contributed by atoms with van der Waals surface area (Å²) in [4.78, 5) is 13.0. The predicted molar refractivity (Wildman–Crippen MR) is 48.2 cm³/mol. The van der Waals surface area contributed by atoms with Crippen molar-refractivity contribution in [2.75, 3.05) is 0 Å². The number of nitro groups is 1. The van der Waals surface area contributed by atoms with E-state index in [9.17, 15) is 23.3 Å². The Kier molecular flexibility index (Phi) is 3.51. The largest absolute Gasteiger partial charge is 0.573 e. The average molecular weight is 252 g/mol. The van der Waals surface area contributed by atoms with Crippen LogP contribution in [0.5, 0.6) is 5.75 Å². The minimum atomic E-state index is -5.01. The molecule has 0 aliphatic heterocycles. The lowest BCUT2D eigenvalue weighted by Gasteiger charge is -2.13. The Hall–Kier alpha value is -1.90. The molecule has 0 unspecified atom stereocenters. The number of aliphatic hydroxyl groups excluding tert-OH is 1. The number of hydrogen-bond acceptors (Lipinski definition) is 5. The monoisotopic (exact) mass is 252 g/mol. The van der Waals surface area contributed by atoms with Crippen LogP contribution < -0.4 is 4.74 Å². The first-order valence-electron chi connectivity index (χ1n) is 4.25. The number of rotatable bonds is 3. The summed E-state index contributed by atoms with van der Waals surface area (Å²) in [6.45, 7) is 0.231. The van der Waals surface area contributed by atoms with Crippen molar-refractivity contribution in [2.45, 2.75) is 19.9 Å². The number of aromatic nitrogens is 1. The van der Waals surface area contributed by atoms with E-state index in [1.807, 2.05) is 0 Å². The van der Waals surface area contributed by atoms with Crippen LogP contribution in [-0.4, -0.2) is 21.4 Å². The summed E-state index contributed by atoms with van der Waals surface area (Å²) >= 11 is 0. The lowest BCUT2D eigenvalue weighted by Crippen LogP contribution is -2.19. The summed E-state index contributed by atoms with van der Waals surface area (Å²) in [5.41, 5.74) is -1.48. The molecule has 6 nitrogen and oxygen atoms in total. The molecule has 94 valence electrons. The number of alkyl halides is 3. The first kappa shape index (κ1) is 13.2. The van der Waals surface area contributed by atoms with E-state index in [-0.39, 0.29) is 5.69 Å². The molecule has 0 saturated heterocycles. The number of aliphatic hydroxyl groups is 1. The van der Waals surface area contributed by atoms with Crippen molar-refractivity contribution >= 4 is 5.69 Å². The summed E-state index contributed by atoms with van der Waals surface area (Å²) < 4.78 is 39.8. The average Bonchev–Trinajstić information content (AvgIpc) is 2.18. The molecule has 1 aromatic rings. The molecule has 0 aromatic carbocycles. The van der Waals surface area contributed by atoms with Crippen LogP contribution in [0.3, 0.4) is 0 Å². The van der Waals surface area contributed by atoms with Gasteiger partial charge in [0.1, 0.15) is 11.8 Å². The normalized spacial score (nSPS) is 11.4. The van der Waals surface area contributed by atoms with E-state index in [2.05, 4.69) is 9.72 Å². The second-order valence-corrected chi connectivity index (χ2v) is 3.00. The first-order chi connectivity index (χ1) is 7.76. The first-order valence-corrected chi connectivity index (χ1v) is 4.25. The fraction of sp³-hybridized carbons (Fsp3) is 0.375. The molecule has 1 aromatic heterocycles. The molecule has 0 radical (unpaired) electrons. The van der Waals surface area contributed by atoms with Gasteiger partial charge in [0.05, 0.1) is 17.2 Å². The number of ether oxygens (including phenoxy) is 1. The molecule has 0 aliphatic rings. The zero-order valence-corrected chi connectivity index (χ0v) is 8.48. The quantitative estimate of drug-likeness (QED) is 0.653. The van der Waals surface area contributed by atoms with E-state index in [1.165, 1.54) is 6.92 Å². The Morgan fingerprint density at radius 2 is 2.18 bits per heavy atom. The van der Waals surface area contributed by atoms with Gasteiger partial charge in [-0.3, -0.25) is 15.1 Å². The molecular weight excluding hydrogens is 245 g/mol. The highest BCUT2D eigenvalue weighted by molar-refractivity contribution is 5.49. The van der Waals surface area contributed by atoms with Crippen molar-refractivity contribution in [3.8, 4) is 5.75 Å². The lowest BCUT2D eigenvalue weighted by molar-refractivity contribution is -0.386. The number of nitrogens with zero attached hydrogens (tertiary/aromatic N) is 2.